The van der Waals surface area contributed by atoms with Crippen LogP contribution in [0.2, 0.25) is 0 Å². The predicted octanol–water partition coefficient (Wildman–Crippen LogP) is 4.50. The molecular formula is C23H23ClN2O3. The number of nitrogens with zero attached hydrogens (tertiary/aromatic N) is 2. The van der Waals surface area contributed by atoms with E-state index in [2.05, 4.69) is 6.58 Å². The molecule has 0 bridgehead atoms. The summed E-state index contributed by atoms with van der Waals surface area (Å²) in [5.41, 5.74) is 3.66. The Morgan fingerprint density at radius 2 is 2.00 bits per heavy atom. The van der Waals surface area contributed by atoms with Crippen LogP contribution in [-0.4, -0.2) is 46.7 Å². The molecule has 2 atom stereocenters. The summed E-state index contributed by atoms with van der Waals surface area (Å²) in [6.45, 7) is 4.41. The Balaban J connectivity index is 0.00000240. The molecular weight excluding hydrogens is 388 g/mol. The van der Waals surface area contributed by atoms with Gasteiger partial charge in [0.1, 0.15) is 17.9 Å². The highest BCUT2D eigenvalue weighted by atomic mass is 35.5. The first kappa shape index (κ1) is 20.8. The Morgan fingerprint density at radius 3 is 2.66 bits per heavy atom. The van der Waals surface area contributed by atoms with Crippen molar-refractivity contribution >= 4 is 35.4 Å². The quantitative estimate of drug-likeness (QED) is 0.670. The number of carboxylic acids is 1. The number of hydrogen-bond donors (Lipinski definition) is 1. The van der Waals surface area contributed by atoms with Crippen LogP contribution in [0.15, 0.2) is 61.2 Å². The van der Waals surface area contributed by atoms with E-state index in [0.29, 0.717) is 13.0 Å². The summed E-state index contributed by atoms with van der Waals surface area (Å²) in [7, 11) is 1.82. The lowest BCUT2D eigenvalue weighted by molar-refractivity contribution is -0.141. The number of carbonyl (C=O) groups is 1. The summed E-state index contributed by atoms with van der Waals surface area (Å²) in [5.74, 6) is -0.0934. The molecule has 1 aromatic heterocycles. The first-order chi connectivity index (χ1) is 13.5. The molecule has 150 valence electrons. The van der Waals surface area contributed by atoms with Gasteiger partial charge in [-0.05, 0) is 24.7 Å². The number of fused-ring (bicyclic) bond motifs is 1. The predicted molar refractivity (Wildman–Crippen MR) is 118 cm³/mol. The fraction of sp³-hybridized carbons (Fsp3) is 0.217. The smallest absolute Gasteiger partial charge is 0.321 e. The van der Waals surface area contributed by atoms with Crippen molar-refractivity contribution in [2.24, 2.45) is 0 Å². The van der Waals surface area contributed by atoms with E-state index < -0.39 is 12.0 Å². The van der Waals surface area contributed by atoms with Crippen LogP contribution in [0, 0.1) is 0 Å². The maximum atomic E-state index is 11.4. The largest absolute Gasteiger partial charge is 0.488 e. The van der Waals surface area contributed by atoms with Gasteiger partial charge >= 0.3 is 5.97 Å². The van der Waals surface area contributed by atoms with Crippen LogP contribution in [0.5, 0.6) is 5.75 Å². The van der Waals surface area contributed by atoms with Crippen molar-refractivity contribution in [3.05, 3.63) is 66.7 Å². The molecule has 4 rings (SSSR count). The number of benzene rings is 2. The number of ether oxygens (including phenoxy) is 1. The van der Waals surface area contributed by atoms with E-state index in [1.54, 1.807) is 6.08 Å². The van der Waals surface area contributed by atoms with Crippen molar-refractivity contribution in [2.45, 2.75) is 18.6 Å². The van der Waals surface area contributed by atoms with Gasteiger partial charge in [-0.25, -0.2) is 4.98 Å². The van der Waals surface area contributed by atoms with E-state index >= 15 is 0 Å². The molecule has 0 aliphatic carbocycles. The van der Waals surface area contributed by atoms with Gasteiger partial charge in [-0.3, -0.25) is 9.69 Å². The second-order valence-corrected chi connectivity index (χ2v) is 7.12. The molecule has 5 nitrogen and oxygen atoms in total. The molecule has 1 aliphatic rings. The van der Waals surface area contributed by atoms with E-state index in [9.17, 15) is 9.90 Å². The number of likely N-dealkylation sites (N-methyl/N-ethyl adjacent to an activating group) is 1. The minimum absolute atomic E-state index is 0. The minimum Gasteiger partial charge on any atom is -0.488 e. The fourth-order valence-electron chi connectivity index (χ4n) is 3.70. The Bertz CT molecular complexity index is 1040. The Morgan fingerprint density at radius 1 is 1.24 bits per heavy atom. The summed E-state index contributed by atoms with van der Waals surface area (Å²) in [6.07, 6.45) is 2.06. The number of rotatable bonds is 5. The maximum Gasteiger partial charge on any atom is 0.321 e. The van der Waals surface area contributed by atoms with Gasteiger partial charge in [0, 0.05) is 30.0 Å². The SMILES string of the molecule is C=Cc1ccc2nc(-c3ccccc3)cc(O[C@@H]3C[C@@H](C(=O)O)N(C)C3)c2c1.Cl. The van der Waals surface area contributed by atoms with Crippen molar-refractivity contribution in [3.63, 3.8) is 0 Å². The number of likely N-dealkylation sites (tertiary alicyclic amines) is 1. The number of hydrogen-bond acceptors (Lipinski definition) is 4. The molecule has 3 aromatic rings. The molecule has 2 aromatic carbocycles. The molecule has 6 heteroatoms. The Kier molecular flexibility index (Phi) is 6.20. The van der Waals surface area contributed by atoms with Crippen molar-refractivity contribution in [2.75, 3.05) is 13.6 Å². The minimum atomic E-state index is -0.813. The highest BCUT2D eigenvalue weighted by Gasteiger charge is 2.35. The number of carboxylic acid groups (broad SMARTS) is 1. The monoisotopic (exact) mass is 410 g/mol. The molecule has 29 heavy (non-hydrogen) atoms. The van der Waals surface area contributed by atoms with Crippen molar-refractivity contribution < 1.29 is 14.6 Å². The van der Waals surface area contributed by atoms with E-state index in [-0.39, 0.29) is 18.5 Å². The molecule has 2 heterocycles. The van der Waals surface area contributed by atoms with Gasteiger partial charge in [0.2, 0.25) is 0 Å². The van der Waals surface area contributed by atoms with Gasteiger partial charge in [0.05, 0.1) is 11.2 Å². The van der Waals surface area contributed by atoms with Gasteiger partial charge in [-0.2, -0.15) is 0 Å². The van der Waals surface area contributed by atoms with Crippen molar-refractivity contribution in [1.82, 2.24) is 9.88 Å². The van der Waals surface area contributed by atoms with E-state index in [0.717, 1.165) is 33.5 Å². The highest BCUT2D eigenvalue weighted by Crippen LogP contribution is 2.33. The summed E-state index contributed by atoms with van der Waals surface area (Å²) >= 11 is 0. The third-order valence-electron chi connectivity index (χ3n) is 5.19. The lowest BCUT2D eigenvalue weighted by atomic mass is 10.1. The van der Waals surface area contributed by atoms with Gasteiger partial charge in [0.15, 0.2) is 0 Å². The fourth-order valence-corrected chi connectivity index (χ4v) is 3.70. The van der Waals surface area contributed by atoms with E-state index in [1.807, 2.05) is 66.5 Å². The van der Waals surface area contributed by atoms with Crippen LogP contribution < -0.4 is 4.74 Å². The number of pyridine rings is 1. The third kappa shape index (κ3) is 4.26. The second-order valence-electron chi connectivity index (χ2n) is 7.12. The van der Waals surface area contributed by atoms with E-state index in [4.69, 9.17) is 9.72 Å². The van der Waals surface area contributed by atoms with Crippen molar-refractivity contribution in [3.8, 4) is 17.0 Å². The molecule has 1 N–H and O–H groups in total. The lowest BCUT2D eigenvalue weighted by Gasteiger charge is -2.17. The van der Waals surface area contributed by atoms with Gasteiger partial charge in [-0.15, -0.1) is 12.4 Å². The third-order valence-corrected chi connectivity index (χ3v) is 5.19. The zero-order valence-electron chi connectivity index (χ0n) is 16.1. The number of aliphatic carboxylic acids is 1. The Hall–Kier alpha value is -2.89. The standard InChI is InChI=1S/C23H22N2O3.ClH/c1-3-15-9-10-19-18(11-15)22(13-20(24-19)16-7-5-4-6-8-16)28-17-12-21(23(26)27)25(2)14-17;/h3-11,13,17,21H,1,12,14H2,2H3,(H,26,27);1H/t17-,21+;/m1./s1. The molecule has 0 amide bonds. The van der Waals surface area contributed by atoms with E-state index in [1.165, 1.54) is 0 Å². The summed E-state index contributed by atoms with van der Waals surface area (Å²) in [5, 5.41) is 10.3. The number of halogens is 1. The molecule has 0 unspecified atom stereocenters. The number of aromatic nitrogens is 1. The maximum absolute atomic E-state index is 11.4. The first-order valence-electron chi connectivity index (χ1n) is 9.27. The lowest BCUT2D eigenvalue weighted by Crippen LogP contribution is -2.32. The van der Waals surface area contributed by atoms with Crippen LogP contribution in [-0.2, 0) is 4.79 Å². The Labute approximate surface area is 176 Å². The topological polar surface area (TPSA) is 62.7 Å². The highest BCUT2D eigenvalue weighted by molar-refractivity contribution is 5.89. The summed E-state index contributed by atoms with van der Waals surface area (Å²) < 4.78 is 6.32. The van der Waals surface area contributed by atoms with Crippen LogP contribution in [0.1, 0.15) is 12.0 Å². The molecule has 0 radical (unpaired) electrons. The average molecular weight is 411 g/mol. The zero-order valence-corrected chi connectivity index (χ0v) is 16.9. The molecule has 0 spiro atoms. The summed E-state index contributed by atoms with van der Waals surface area (Å²) in [4.78, 5) is 18.0. The summed E-state index contributed by atoms with van der Waals surface area (Å²) in [6, 6.07) is 17.3. The first-order valence-corrected chi connectivity index (χ1v) is 9.27. The van der Waals surface area contributed by atoms with Gasteiger partial charge in [0.25, 0.3) is 0 Å². The van der Waals surface area contributed by atoms with Crippen LogP contribution >= 0.6 is 12.4 Å². The zero-order chi connectivity index (χ0) is 19.7. The molecule has 1 fully saturated rings. The normalized spacial score (nSPS) is 18.9. The van der Waals surface area contributed by atoms with Gasteiger partial charge in [-0.1, -0.05) is 49.1 Å². The molecule has 0 saturated carbocycles. The van der Waals surface area contributed by atoms with Crippen molar-refractivity contribution in [1.29, 1.82) is 0 Å². The molecule has 1 aliphatic heterocycles. The average Bonchev–Trinajstić information content (AvgIpc) is 3.08. The van der Waals surface area contributed by atoms with Crippen LogP contribution in [0.25, 0.3) is 28.2 Å². The van der Waals surface area contributed by atoms with Crippen LogP contribution in [0.3, 0.4) is 0 Å². The second kappa shape index (κ2) is 8.64. The van der Waals surface area contributed by atoms with Crippen LogP contribution in [0.4, 0.5) is 0 Å². The van der Waals surface area contributed by atoms with Gasteiger partial charge < -0.3 is 9.84 Å². The molecule has 1 saturated heterocycles.